The van der Waals surface area contributed by atoms with E-state index in [0.717, 1.165) is 19.0 Å². The van der Waals surface area contributed by atoms with Gasteiger partial charge in [0, 0.05) is 19.2 Å². The Morgan fingerprint density at radius 1 is 1.13 bits per heavy atom. The minimum atomic E-state index is -0.353. The van der Waals surface area contributed by atoms with Gasteiger partial charge in [-0.1, -0.05) is 25.0 Å². The molecule has 0 aliphatic carbocycles. The molecule has 23 heavy (non-hydrogen) atoms. The first kappa shape index (κ1) is 15.4. The second-order valence-electron chi connectivity index (χ2n) is 5.76. The molecule has 1 aromatic heterocycles. The van der Waals surface area contributed by atoms with Crippen molar-refractivity contribution < 1.29 is 8.81 Å². The van der Waals surface area contributed by atoms with E-state index in [4.69, 9.17) is 4.42 Å². The molecule has 0 amide bonds. The largest absolute Gasteiger partial charge is 0.441 e. The van der Waals surface area contributed by atoms with Gasteiger partial charge >= 0.3 is 0 Å². The Morgan fingerprint density at radius 3 is 2.61 bits per heavy atom. The van der Waals surface area contributed by atoms with E-state index in [-0.39, 0.29) is 5.82 Å². The summed E-state index contributed by atoms with van der Waals surface area (Å²) < 4.78 is 19.2. The molecular formula is C19H19FN2O. The van der Waals surface area contributed by atoms with E-state index in [0.29, 0.717) is 16.9 Å². The van der Waals surface area contributed by atoms with Crippen LogP contribution in [0.25, 0.3) is 11.6 Å². The van der Waals surface area contributed by atoms with Gasteiger partial charge in [-0.05, 0) is 42.7 Å². The zero-order chi connectivity index (χ0) is 16.1. The van der Waals surface area contributed by atoms with E-state index in [1.165, 1.54) is 37.8 Å². The summed E-state index contributed by atoms with van der Waals surface area (Å²) in [7, 11) is 0. The van der Waals surface area contributed by atoms with E-state index in [1.807, 2.05) is 12.1 Å². The van der Waals surface area contributed by atoms with Gasteiger partial charge < -0.3 is 9.32 Å². The van der Waals surface area contributed by atoms with Crippen molar-refractivity contribution in [2.45, 2.75) is 25.7 Å². The minimum absolute atomic E-state index is 0.353. The Morgan fingerprint density at radius 2 is 1.91 bits per heavy atom. The van der Waals surface area contributed by atoms with Gasteiger partial charge in [0.05, 0.1) is 11.6 Å². The summed E-state index contributed by atoms with van der Waals surface area (Å²) >= 11 is 0. The van der Waals surface area contributed by atoms with Crippen molar-refractivity contribution in [1.82, 2.24) is 0 Å². The Bertz CT molecular complexity index is 734. The number of nitrogens with zero attached hydrogens (tertiary/aromatic N) is 2. The molecule has 1 fully saturated rings. The quantitative estimate of drug-likeness (QED) is 0.760. The molecule has 1 aromatic carbocycles. The van der Waals surface area contributed by atoms with Crippen LogP contribution in [0, 0.1) is 17.1 Å². The van der Waals surface area contributed by atoms with Gasteiger partial charge in [-0.2, -0.15) is 5.26 Å². The average molecular weight is 310 g/mol. The van der Waals surface area contributed by atoms with E-state index >= 15 is 0 Å². The van der Waals surface area contributed by atoms with Gasteiger partial charge in [-0.25, -0.2) is 4.39 Å². The molecule has 0 spiro atoms. The van der Waals surface area contributed by atoms with Crippen LogP contribution in [0.15, 0.2) is 40.8 Å². The van der Waals surface area contributed by atoms with Crippen LogP contribution in [0.4, 0.5) is 10.3 Å². The second-order valence-corrected chi connectivity index (χ2v) is 5.76. The lowest BCUT2D eigenvalue weighted by Crippen LogP contribution is -2.23. The molecule has 4 heteroatoms. The van der Waals surface area contributed by atoms with Gasteiger partial charge in [-0.15, -0.1) is 0 Å². The number of anilines is 1. The van der Waals surface area contributed by atoms with Crippen molar-refractivity contribution in [2.24, 2.45) is 0 Å². The first-order valence-electron chi connectivity index (χ1n) is 7.99. The summed E-state index contributed by atoms with van der Waals surface area (Å²) in [5.74, 6) is 1.10. The molecule has 0 unspecified atom stereocenters. The van der Waals surface area contributed by atoms with Gasteiger partial charge in [-0.3, -0.25) is 0 Å². The SMILES string of the molecule is N#CC(=Cc1ccc(N2CCCCCC2)o1)c1cccc(F)c1. The molecule has 0 saturated carbocycles. The predicted octanol–water partition coefficient (Wildman–Crippen LogP) is 4.86. The Balaban J connectivity index is 1.82. The van der Waals surface area contributed by atoms with Crippen LogP contribution in [-0.2, 0) is 0 Å². The maximum absolute atomic E-state index is 13.3. The first-order chi connectivity index (χ1) is 11.3. The zero-order valence-corrected chi connectivity index (χ0v) is 13.0. The molecule has 118 valence electrons. The molecule has 1 aliphatic heterocycles. The highest BCUT2D eigenvalue weighted by Gasteiger charge is 2.13. The van der Waals surface area contributed by atoms with Crippen LogP contribution < -0.4 is 4.90 Å². The molecule has 0 bridgehead atoms. The van der Waals surface area contributed by atoms with Crippen LogP contribution in [0.1, 0.15) is 37.0 Å². The maximum atomic E-state index is 13.3. The summed E-state index contributed by atoms with van der Waals surface area (Å²) in [6.07, 6.45) is 6.55. The normalized spacial score (nSPS) is 16.0. The van der Waals surface area contributed by atoms with Crippen molar-refractivity contribution in [3.63, 3.8) is 0 Å². The summed E-state index contributed by atoms with van der Waals surface area (Å²) in [5, 5.41) is 9.33. The number of hydrogen-bond acceptors (Lipinski definition) is 3. The third-order valence-corrected chi connectivity index (χ3v) is 4.07. The van der Waals surface area contributed by atoms with E-state index in [9.17, 15) is 9.65 Å². The molecule has 1 saturated heterocycles. The molecule has 0 N–H and O–H groups in total. The highest BCUT2D eigenvalue weighted by molar-refractivity contribution is 5.88. The van der Waals surface area contributed by atoms with Gasteiger partial charge in [0.1, 0.15) is 11.6 Å². The van der Waals surface area contributed by atoms with Crippen LogP contribution in [-0.4, -0.2) is 13.1 Å². The summed E-state index contributed by atoms with van der Waals surface area (Å²) in [6, 6.07) is 11.9. The number of nitriles is 1. The molecular weight excluding hydrogens is 291 g/mol. The lowest BCUT2D eigenvalue weighted by atomic mass is 10.1. The molecule has 0 atom stereocenters. The van der Waals surface area contributed by atoms with Crippen molar-refractivity contribution >= 4 is 17.5 Å². The summed E-state index contributed by atoms with van der Waals surface area (Å²) in [4.78, 5) is 2.25. The predicted molar refractivity (Wildman–Crippen MR) is 89.3 cm³/mol. The van der Waals surface area contributed by atoms with Gasteiger partial charge in [0.15, 0.2) is 5.88 Å². The number of furan rings is 1. The van der Waals surface area contributed by atoms with Crippen molar-refractivity contribution in [1.29, 1.82) is 5.26 Å². The van der Waals surface area contributed by atoms with Gasteiger partial charge in [0.2, 0.25) is 0 Å². The van der Waals surface area contributed by atoms with E-state index in [2.05, 4.69) is 11.0 Å². The second kappa shape index (κ2) is 7.15. The molecule has 2 aromatic rings. The van der Waals surface area contributed by atoms with Crippen molar-refractivity contribution in [2.75, 3.05) is 18.0 Å². The number of halogens is 1. The monoisotopic (exact) mass is 310 g/mol. The van der Waals surface area contributed by atoms with Crippen LogP contribution in [0.2, 0.25) is 0 Å². The lowest BCUT2D eigenvalue weighted by molar-refractivity contribution is 0.536. The molecule has 0 radical (unpaired) electrons. The summed E-state index contributed by atoms with van der Waals surface area (Å²) in [6.45, 7) is 2.01. The molecule has 2 heterocycles. The van der Waals surface area contributed by atoms with Crippen molar-refractivity contribution in [3.05, 3.63) is 53.5 Å². The third-order valence-electron chi connectivity index (χ3n) is 4.07. The van der Waals surface area contributed by atoms with Crippen molar-refractivity contribution in [3.8, 4) is 6.07 Å². The Labute approximate surface area is 135 Å². The average Bonchev–Trinajstić information content (AvgIpc) is 2.85. The van der Waals surface area contributed by atoms with Gasteiger partial charge in [0.25, 0.3) is 0 Å². The standard InChI is InChI=1S/C19H19FN2O/c20-17-7-5-6-15(12-17)16(14-21)13-18-8-9-19(23-18)22-10-3-1-2-4-11-22/h5-9,12-13H,1-4,10-11H2. The maximum Gasteiger partial charge on any atom is 0.196 e. The summed E-state index contributed by atoms with van der Waals surface area (Å²) in [5.41, 5.74) is 0.946. The van der Waals surface area contributed by atoms with Crippen LogP contribution in [0.3, 0.4) is 0 Å². The van der Waals surface area contributed by atoms with Crippen LogP contribution >= 0.6 is 0 Å². The number of rotatable bonds is 3. The van der Waals surface area contributed by atoms with E-state index < -0.39 is 0 Å². The minimum Gasteiger partial charge on any atom is -0.441 e. The lowest BCUT2D eigenvalue weighted by Gasteiger charge is -2.18. The molecule has 3 rings (SSSR count). The first-order valence-corrected chi connectivity index (χ1v) is 7.99. The Hall–Kier alpha value is -2.54. The third kappa shape index (κ3) is 3.81. The Kier molecular flexibility index (Phi) is 4.77. The smallest absolute Gasteiger partial charge is 0.196 e. The fourth-order valence-corrected chi connectivity index (χ4v) is 2.86. The zero-order valence-electron chi connectivity index (χ0n) is 13.0. The number of allylic oxidation sites excluding steroid dienone is 1. The number of hydrogen-bond donors (Lipinski definition) is 0. The number of benzene rings is 1. The molecule has 1 aliphatic rings. The van der Waals surface area contributed by atoms with Crippen LogP contribution in [0.5, 0.6) is 0 Å². The fraction of sp³-hybridized carbons (Fsp3) is 0.316. The topological polar surface area (TPSA) is 40.2 Å². The molecule has 3 nitrogen and oxygen atoms in total. The fourth-order valence-electron chi connectivity index (χ4n) is 2.86. The highest BCUT2D eigenvalue weighted by atomic mass is 19.1. The highest BCUT2D eigenvalue weighted by Crippen LogP contribution is 2.25. The van der Waals surface area contributed by atoms with E-state index in [1.54, 1.807) is 18.2 Å².